The monoisotopic (exact) mass is 245 g/mol. The lowest BCUT2D eigenvalue weighted by Gasteiger charge is -2.19. The van der Waals surface area contributed by atoms with E-state index in [1.807, 2.05) is 0 Å². The standard InChI is InChI=1S/C10H19N3O4/c1-10(2,3)17-8(14)6-16-9(15)13-5-4-7(11)12/h4-6H2,1-3H3,(H3,11,12)(H,13,15). The molecule has 0 fully saturated rings. The summed E-state index contributed by atoms with van der Waals surface area (Å²) in [5.74, 6) is -0.642. The van der Waals surface area contributed by atoms with Gasteiger partial charge in [0.05, 0.1) is 5.84 Å². The molecule has 98 valence electrons. The van der Waals surface area contributed by atoms with Crippen molar-refractivity contribution in [2.24, 2.45) is 5.73 Å². The summed E-state index contributed by atoms with van der Waals surface area (Å²) in [5, 5.41) is 9.26. The van der Waals surface area contributed by atoms with E-state index in [1.54, 1.807) is 20.8 Å². The van der Waals surface area contributed by atoms with Gasteiger partial charge in [-0.15, -0.1) is 0 Å². The first-order valence-electron chi connectivity index (χ1n) is 5.16. The molecule has 0 aromatic heterocycles. The molecule has 7 heteroatoms. The molecule has 0 aliphatic rings. The third-order valence-corrected chi connectivity index (χ3v) is 1.40. The third-order valence-electron chi connectivity index (χ3n) is 1.40. The number of hydrogen-bond acceptors (Lipinski definition) is 5. The van der Waals surface area contributed by atoms with Gasteiger partial charge in [0.25, 0.3) is 0 Å². The van der Waals surface area contributed by atoms with Crippen LogP contribution in [0.4, 0.5) is 4.79 Å². The number of carbonyl (C=O) groups is 2. The third kappa shape index (κ3) is 10.5. The predicted molar refractivity (Wildman–Crippen MR) is 61.7 cm³/mol. The van der Waals surface area contributed by atoms with Gasteiger partial charge >= 0.3 is 12.1 Å². The van der Waals surface area contributed by atoms with Crippen LogP contribution < -0.4 is 11.1 Å². The Morgan fingerprint density at radius 1 is 1.35 bits per heavy atom. The maximum atomic E-state index is 11.2. The number of nitrogens with two attached hydrogens (primary N) is 1. The minimum Gasteiger partial charge on any atom is -0.457 e. The quantitative estimate of drug-likeness (QED) is 0.368. The summed E-state index contributed by atoms with van der Waals surface area (Å²) >= 11 is 0. The lowest BCUT2D eigenvalue weighted by molar-refractivity contribution is -0.158. The van der Waals surface area contributed by atoms with E-state index >= 15 is 0 Å². The molecular formula is C10H19N3O4. The van der Waals surface area contributed by atoms with E-state index in [0.29, 0.717) is 0 Å². The Hall–Kier alpha value is -1.79. The van der Waals surface area contributed by atoms with Crippen molar-refractivity contribution < 1.29 is 19.1 Å². The largest absolute Gasteiger partial charge is 0.457 e. The zero-order chi connectivity index (χ0) is 13.5. The first kappa shape index (κ1) is 15.2. The number of hydrogen-bond donors (Lipinski definition) is 3. The molecule has 0 radical (unpaired) electrons. The fourth-order valence-electron chi connectivity index (χ4n) is 0.846. The zero-order valence-corrected chi connectivity index (χ0v) is 10.3. The summed E-state index contributed by atoms with van der Waals surface area (Å²) < 4.78 is 9.53. The van der Waals surface area contributed by atoms with Crippen LogP contribution >= 0.6 is 0 Å². The maximum absolute atomic E-state index is 11.2. The molecule has 0 aliphatic heterocycles. The van der Waals surface area contributed by atoms with Crippen molar-refractivity contribution in [2.75, 3.05) is 13.2 Å². The molecular weight excluding hydrogens is 226 g/mol. The molecule has 0 saturated carbocycles. The second-order valence-electron chi connectivity index (χ2n) is 4.36. The maximum Gasteiger partial charge on any atom is 0.407 e. The Balaban J connectivity index is 3.70. The molecule has 7 nitrogen and oxygen atoms in total. The van der Waals surface area contributed by atoms with Gasteiger partial charge in [0.1, 0.15) is 5.60 Å². The topological polar surface area (TPSA) is 114 Å². The van der Waals surface area contributed by atoms with Crippen LogP contribution in [0.25, 0.3) is 0 Å². The molecule has 0 aromatic carbocycles. The molecule has 0 atom stereocenters. The molecule has 0 heterocycles. The summed E-state index contributed by atoms with van der Waals surface area (Å²) in [7, 11) is 0. The van der Waals surface area contributed by atoms with Crippen LogP contribution in [0, 0.1) is 5.41 Å². The predicted octanol–water partition coefficient (Wildman–Crippen LogP) is 0.380. The summed E-state index contributed by atoms with van der Waals surface area (Å²) in [4.78, 5) is 22.2. The molecule has 1 amide bonds. The Labute approximate surface area is 100 Å². The van der Waals surface area contributed by atoms with Gasteiger partial charge in [-0.05, 0) is 20.8 Å². The minimum atomic E-state index is -0.739. The summed E-state index contributed by atoms with van der Waals surface area (Å²) in [6.07, 6.45) is -0.501. The molecule has 0 rings (SSSR count). The van der Waals surface area contributed by atoms with E-state index in [1.165, 1.54) is 0 Å². The normalized spacial score (nSPS) is 10.5. The van der Waals surface area contributed by atoms with Gasteiger partial charge in [0, 0.05) is 13.0 Å². The highest BCUT2D eigenvalue weighted by atomic mass is 16.6. The first-order valence-corrected chi connectivity index (χ1v) is 5.16. The van der Waals surface area contributed by atoms with Gasteiger partial charge < -0.3 is 20.5 Å². The molecule has 0 saturated heterocycles. The number of carbonyl (C=O) groups excluding carboxylic acids is 2. The van der Waals surface area contributed by atoms with E-state index in [2.05, 4.69) is 10.1 Å². The molecule has 0 aromatic rings. The van der Waals surface area contributed by atoms with Crippen LogP contribution in [0.1, 0.15) is 27.2 Å². The number of nitrogens with one attached hydrogen (secondary N) is 2. The average molecular weight is 245 g/mol. The second kappa shape index (κ2) is 6.72. The van der Waals surface area contributed by atoms with Gasteiger partial charge in [-0.2, -0.15) is 0 Å². The van der Waals surface area contributed by atoms with Crippen molar-refractivity contribution in [1.29, 1.82) is 5.41 Å². The van der Waals surface area contributed by atoms with Crippen LogP contribution in [-0.4, -0.2) is 36.7 Å². The number of rotatable bonds is 5. The van der Waals surface area contributed by atoms with E-state index < -0.39 is 24.3 Å². The molecule has 4 N–H and O–H groups in total. The van der Waals surface area contributed by atoms with E-state index in [4.69, 9.17) is 15.9 Å². The van der Waals surface area contributed by atoms with Gasteiger partial charge in [-0.3, -0.25) is 5.41 Å². The van der Waals surface area contributed by atoms with Gasteiger partial charge in [0.2, 0.25) is 0 Å². The average Bonchev–Trinajstić information content (AvgIpc) is 2.11. The Morgan fingerprint density at radius 2 is 1.94 bits per heavy atom. The van der Waals surface area contributed by atoms with Crippen molar-refractivity contribution in [3.8, 4) is 0 Å². The van der Waals surface area contributed by atoms with Crippen LogP contribution in [-0.2, 0) is 14.3 Å². The molecule has 0 spiro atoms. The van der Waals surface area contributed by atoms with Crippen LogP contribution in [0.15, 0.2) is 0 Å². The van der Waals surface area contributed by atoms with Crippen molar-refractivity contribution in [2.45, 2.75) is 32.8 Å². The number of alkyl carbamates (subject to hydrolysis) is 1. The van der Waals surface area contributed by atoms with E-state index in [0.717, 1.165) is 0 Å². The number of amides is 1. The molecule has 0 aliphatic carbocycles. The number of ether oxygens (including phenoxy) is 2. The van der Waals surface area contributed by atoms with Crippen LogP contribution in [0.2, 0.25) is 0 Å². The van der Waals surface area contributed by atoms with Gasteiger partial charge in [-0.25, -0.2) is 9.59 Å². The molecule has 17 heavy (non-hydrogen) atoms. The van der Waals surface area contributed by atoms with E-state index in [9.17, 15) is 9.59 Å². The van der Waals surface area contributed by atoms with Crippen LogP contribution in [0.3, 0.4) is 0 Å². The highest BCUT2D eigenvalue weighted by Crippen LogP contribution is 2.06. The minimum absolute atomic E-state index is 0.0301. The van der Waals surface area contributed by atoms with Gasteiger partial charge in [0.15, 0.2) is 6.61 Å². The number of esters is 1. The summed E-state index contributed by atoms with van der Waals surface area (Å²) in [6, 6.07) is 0. The Kier molecular flexibility index (Phi) is 6.01. The fraction of sp³-hybridized carbons (Fsp3) is 0.700. The van der Waals surface area contributed by atoms with Crippen molar-refractivity contribution >= 4 is 17.9 Å². The lowest BCUT2D eigenvalue weighted by Crippen LogP contribution is -2.32. The fourth-order valence-corrected chi connectivity index (χ4v) is 0.846. The van der Waals surface area contributed by atoms with Crippen LogP contribution in [0.5, 0.6) is 0 Å². The van der Waals surface area contributed by atoms with Gasteiger partial charge in [-0.1, -0.05) is 0 Å². The summed E-state index contributed by atoms with van der Waals surface area (Å²) in [6.45, 7) is 4.92. The molecule has 0 unspecified atom stereocenters. The highest BCUT2D eigenvalue weighted by molar-refractivity contribution is 5.78. The highest BCUT2D eigenvalue weighted by Gasteiger charge is 2.17. The smallest absolute Gasteiger partial charge is 0.407 e. The summed E-state index contributed by atoms with van der Waals surface area (Å²) in [5.41, 5.74) is 4.48. The Bertz CT molecular complexity index is 296. The van der Waals surface area contributed by atoms with Crippen molar-refractivity contribution in [3.05, 3.63) is 0 Å². The lowest BCUT2D eigenvalue weighted by atomic mass is 10.2. The van der Waals surface area contributed by atoms with Crippen molar-refractivity contribution in [3.63, 3.8) is 0 Å². The Morgan fingerprint density at radius 3 is 2.41 bits per heavy atom. The van der Waals surface area contributed by atoms with Crippen molar-refractivity contribution in [1.82, 2.24) is 5.32 Å². The van der Waals surface area contributed by atoms with E-state index in [-0.39, 0.29) is 18.8 Å². The zero-order valence-electron chi connectivity index (χ0n) is 10.3. The second-order valence-corrected chi connectivity index (χ2v) is 4.36. The number of amidine groups is 1. The first-order chi connectivity index (χ1) is 7.70. The molecule has 0 bridgehead atoms. The SMILES string of the molecule is CC(C)(C)OC(=O)COC(=O)NCCC(=N)N.